The van der Waals surface area contributed by atoms with E-state index in [4.69, 9.17) is 4.52 Å². The number of benzene rings is 1. The van der Waals surface area contributed by atoms with Crippen molar-refractivity contribution in [1.29, 1.82) is 0 Å². The number of aromatic nitrogens is 2. The fourth-order valence-electron chi connectivity index (χ4n) is 3.47. The minimum atomic E-state index is -0.523. The summed E-state index contributed by atoms with van der Waals surface area (Å²) in [4.78, 5) is 19.4. The summed E-state index contributed by atoms with van der Waals surface area (Å²) in [7, 11) is 0. The second-order valence-corrected chi connectivity index (χ2v) is 7.19. The van der Waals surface area contributed by atoms with Crippen molar-refractivity contribution in [3.8, 4) is 0 Å². The van der Waals surface area contributed by atoms with Crippen molar-refractivity contribution in [2.24, 2.45) is 0 Å². The van der Waals surface area contributed by atoms with Crippen LogP contribution in [0, 0.1) is 0 Å². The van der Waals surface area contributed by atoms with Crippen molar-refractivity contribution in [3.63, 3.8) is 0 Å². The maximum atomic E-state index is 12.6. The lowest BCUT2D eigenvalue weighted by molar-refractivity contribution is -0.122. The first-order valence-electron chi connectivity index (χ1n) is 8.79. The van der Waals surface area contributed by atoms with E-state index in [1.165, 1.54) is 0 Å². The van der Waals surface area contributed by atoms with Crippen molar-refractivity contribution < 1.29 is 9.32 Å². The van der Waals surface area contributed by atoms with Crippen LogP contribution in [0.1, 0.15) is 44.3 Å². The Labute approximate surface area is 146 Å². The fraction of sp³-hybridized carbons (Fsp3) is 0.500. The molecule has 1 fully saturated rings. The highest BCUT2D eigenvalue weighted by Gasteiger charge is 2.44. The van der Waals surface area contributed by atoms with E-state index in [1.807, 2.05) is 38.1 Å². The molecule has 132 valence electrons. The number of carbonyl (C=O) groups excluding carboxylic acids is 1. The molecule has 7 heteroatoms. The molecule has 0 radical (unpaired) electrons. The second-order valence-electron chi connectivity index (χ2n) is 7.19. The molecule has 1 spiro atoms. The molecule has 1 saturated heterocycles. The SMILES string of the molecule is CC(C)c1nc(CN2CCC3(CC2)Nc2ccccc2NC3=O)no1. The van der Waals surface area contributed by atoms with E-state index in [9.17, 15) is 4.79 Å². The van der Waals surface area contributed by atoms with Crippen molar-refractivity contribution in [1.82, 2.24) is 15.0 Å². The van der Waals surface area contributed by atoms with Gasteiger partial charge in [0.1, 0.15) is 5.54 Å². The molecule has 0 aliphatic carbocycles. The number of amides is 1. The molecular weight excluding hydrogens is 318 g/mol. The molecule has 0 saturated carbocycles. The van der Waals surface area contributed by atoms with Crippen LogP contribution in [-0.4, -0.2) is 39.6 Å². The number of hydrogen-bond acceptors (Lipinski definition) is 6. The molecule has 1 amide bonds. The predicted octanol–water partition coefficient (Wildman–Crippen LogP) is 2.59. The van der Waals surface area contributed by atoms with Crippen LogP contribution in [0.2, 0.25) is 0 Å². The Morgan fingerprint density at radius 1 is 1.24 bits per heavy atom. The van der Waals surface area contributed by atoms with Gasteiger partial charge in [-0.2, -0.15) is 4.98 Å². The van der Waals surface area contributed by atoms with E-state index in [-0.39, 0.29) is 11.8 Å². The molecule has 3 heterocycles. The summed E-state index contributed by atoms with van der Waals surface area (Å²) in [5, 5.41) is 10.6. The fourth-order valence-corrected chi connectivity index (χ4v) is 3.47. The molecule has 2 N–H and O–H groups in total. The monoisotopic (exact) mass is 341 g/mol. The lowest BCUT2D eigenvalue weighted by Crippen LogP contribution is -2.58. The van der Waals surface area contributed by atoms with Crippen LogP contribution < -0.4 is 10.6 Å². The molecule has 25 heavy (non-hydrogen) atoms. The minimum absolute atomic E-state index is 0.0625. The van der Waals surface area contributed by atoms with Crippen molar-refractivity contribution in [2.45, 2.75) is 44.7 Å². The average molecular weight is 341 g/mol. The number of likely N-dealkylation sites (tertiary alicyclic amines) is 1. The van der Waals surface area contributed by atoms with E-state index in [1.54, 1.807) is 0 Å². The number of hydrogen-bond donors (Lipinski definition) is 2. The molecule has 4 rings (SSSR count). The van der Waals surface area contributed by atoms with Gasteiger partial charge in [-0.25, -0.2) is 0 Å². The van der Waals surface area contributed by atoms with Gasteiger partial charge in [0.15, 0.2) is 5.82 Å². The molecule has 1 aromatic heterocycles. The highest BCUT2D eigenvalue weighted by Crippen LogP contribution is 2.36. The van der Waals surface area contributed by atoms with Crippen LogP contribution in [0.4, 0.5) is 11.4 Å². The lowest BCUT2D eigenvalue weighted by atomic mass is 9.84. The Balaban J connectivity index is 1.42. The van der Waals surface area contributed by atoms with Gasteiger partial charge in [-0.15, -0.1) is 0 Å². The van der Waals surface area contributed by atoms with Crippen molar-refractivity contribution in [3.05, 3.63) is 36.0 Å². The van der Waals surface area contributed by atoms with E-state index in [2.05, 4.69) is 25.7 Å². The predicted molar refractivity (Wildman–Crippen MR) is 94.3 cm³/mol. The molecule has 7 nitrogen and oxygen atoms in total. The van der Waals surface area contributed by atoms with Gasteiger partial charge in [-0.05, 0) is 25.0 Å². The zero-order valence-electron chi connectivity index (χ0n) is 14.6. The zero-order chi connectivity index (χ0) is 17.4. The molecule has 0 atom stereocenters. The first-order chi connectivity index (χ1) is 12.1. The van der Waals surface area contributed by atoms with E-state index < -0.39 is 5.54 Å². The summed E-state index contributed by atoms with van der Waals surface area (Å²) in [6.07, 6.45) is 1.50. The summed E-state index contributed by atoms with van der Waals surface area (Å²) in [6.45, 7) is 6.35. The Bertz CT molecular complexity index is 777. The summed E-state index contributed by atoms with van der Waals surface area (Å²) >= 11 is 0. The Morgan fingerprint density at radius 3 is 2.64 bits per heavy atom. The Morgan fingerprint density at radius 2 is 1.96 bits per heavy atom. The van der Waals surface area contributed by atoms with Gasteiger partial charge in [-0.1, -0.05) is 31.1 Å². The molecule has 0 bridgehead atoms. The largest absolute Gasteiger partial charge is 0.369 e. The van der Waals surface area contributed by atoms with Crippen LogP contribution >= 0.6 is 0 Å². The maximum absolute atomic E-state index is 12.6. The third kappa shape index (κ3) is 3.00. The topological polar surface area (TPSA) is 83.3 Å². The van der Waals surface area contributed by atoms with Gasteiger partial charge in [0, 0.05) is 19.0 Å². The van der Waals surface area contributed by atoms with Crippen LogP contribution in [0.5, 0.6) is 0 Å². The van der Waals surface area contributed by atoms with E-state index in [0.29, 0.717) is 18.3 Å². The van der Waals surface area contributed by atoms with Crippen LogP contribution in [-0.2, 0) is 11.3 Å². The quantitative estimate of drug-likeness (QED) is 0.893. The van der Waals surface area contributed by atoms with Crippen molar-refractivity contribution >= 4 is 17.3 Å². The number of para-hydroxylation sites is 2. The molecule has 0 unspecified atom stereocenters. The van der Waals surface area contributed by atoms with Crippen molar-refractivity contribution in [2.75, 3.05) is 23.7 Å². The molecule has 1 aromatic carbocycles. The first kappa shape index (κ1) is 16.1. The van der Waals surface area contributed by atoms with Crippen LogP contribution in [0.15, 0.2) is 28.8 Å². The number of nitrogens with one attached hydrogen (secondary N) is 2. The average Bonchev–Trinajstić information content (AvgIpc) is 3.07. The third-order valence-corrected chi connectivity index (χ3v) is 5.04. The second kappa shape index (κ2) is 6.15. The normalized spacial score (nSPS) is 19.6. The third-order valence-electron chi connectivity index (χ3n) is 5.04. The van der Waals surface area contributed by atoms with Gasteiger partial charge in [0.25, 0.3) is 0 Å². The summed E-state index contributed by atoms with van der Waals surface area (Å²) in [6, 6.07) is 7.84. The number of piperidine rings is 1. The lowest BCUT2D eigenvalue weighted by Gasteiger charge is -2.44. The molecule has 2 aliphatic heterocycles. The summed E-state index contributed by atoms with van der Waals surface area (Å²) in [5.41, 5.74) is 1.33. The van der Waals surface area contributed by atoms with Crippen LogP contribution in [0.25, 0.3) is 0 Å². The summed E-state index contributed by atoms with van der Waals surface area (Å²) in [5.74, 6) is 1.69. The Hall–Kier alpha value is -2.41. The number of nitrogens with zero attached hydrogens (tertiary/aromatic N) is 3. The molecule has 2 aliphatic rings. The number of fused-ring (bicyclic) bond motifs is 1. The minimum Gasteiger partial charge on any atom is -0.369 e. The van der Waals surface area contributed by atoms with Crippen LogP contribution in [0.3, 0.4) is 0 Å². The van der Waals surface area contributed by atoms with Gasteiger partial charge in [0.05, 0.1) is 17.9 Å². The van der Waals surface area contributed by atoms with Gasteiger partial charge in [-0.3, -0.25) is 9.69 Å². The molecule has 2 aromatic rings. The maximum Gasteiger partial charge on any atom is 0.250 e. The Kier molecular flexibility index (Phi) is 3.95. The number of rotatable bonds is 3. The van der Waals surface area contributed by atoms with Gasteiger partial charge in [0.2, 0.25) is 11.8 Å². The van der Waals surface area contributed by atoms with E-state index >= 15 is 0 Å². The summed E-state index contributed by atoms with van der Waals surface area (Å²) < 4.78 is 5.27. The zero-order valence-corrected chi connectivity index (χ0v) is 14.6. The van der Waals surface area contributed by atoms with Gasteiger partial charge >= 0.3 is 0 Å². The van der Waals surface area contributed by atoms with E-state index in [0.717, 1.165) is 37.3 Å². The number of carbonyl (C=O) groups is 1. The number of anilines is 2. The standard InChI is InChI=1S/C18H23N5O2/c1-12(2)16-20-15(22-25-16)11-23-9-7-18(8-10-23)17(24)19-13-5-3-4-6-14(13)21-18/h3-6,12,21H,7-11H2,1-2H3,(H,19,24). The molecular formula is C18H23N5O2. The van der Waals surface area contributed by atoms with Gasteiger partial charge < -0.3 is 15.2 Å². The first-order valence-corrected chi connectivity index (χ1v) is 8.79. The smallest absolute Gasteiger partial charge is 0.250 e. The highest BCUT2D eigenvalue weighted by atomic mass is 16.5. The highest BCUT2D eigenvalue weighted by molar-refractivity contribution is 6.06.